The summed E-state index contributed by atoms with van der Waals surface area (Å²) in [5.41, 5.74) is 4.24. The van der Waals surface area contributed by atoms with E-state index in [1.54, 1.807) is 13.0 Å². The van der Waals surface area contributed by atoms with Crippen molar-refractivity contribution in [3.8, 4) is 0 Å². The molecule has 0 fully saturated rings. The number of pyridine rings is 1. The summed E-state index contributed by atoms with van der Waals surface area (Å²) in [6.45, 7) is 12.0. The Morgan fingerprint density at radius 1 is 1.19 bits per heavy atom. The van der Waals surface area contributed by atoms with Crippen LogP contribution in [0.2, 0.25) is 0 Å². The third-order valence-corrected chi connectivity index (χ3v) is 5.63. The number of aryl methyl sites for hydroxylation is 2. The molecule has 1 N–H and O–H groups in total. The van der Waals surface area contributed by atoms with Gasteiger partial charge in [-0.3, -0.25) is 9.59 Å². The lowest BCUT2D eigenvalue weighted by Crippen LogP contribution is -2.28. The number of allylic oxidation sites excluding steroid dienone is 1. The molecular weight excluding hydrogens is 392 g/mol. The summed E-state index contributed by atoms with van der Waals surface area (Å²) in [6, 6.07) is 6.00. The fourth-order valence-corrected chi connectivity index (χ4v) is 3.61. The van der Waals surface area contributed by atoms with Crippen LogP contribution in [0.4, 0.5) is 5.69 Å². The second-order valence-corrected chi connectivity index (χ2v) is 6.99. The topological polar surface area (TPSA) is 51.1 Å². The van der Waals surface area contributed by atoms with Crippen molar-refractivity contribution in [2.24, 2.45) is 0 Å². The molecule has 138 valence electrons. The lowest BCUT2D eigenvalue weighted by Gasteiger charge is -2.19. The first-order valence-electron chi connectivity index (χ1n) is 8.79. The van der Waals surface area contributed by atoms with E-state index in [0.717, 1.165) is 35.3 Å². The summed E-state index contributed by atoms with van der Waals surface area (Å²) in [6.07, 6.45) is 3.36. The molecule has 0 aliphatic heterocycles. The van der Waals surface area contributed by atoms with Crippen molar-refractivity contribution < 1.29 is 4.79 Å². The molecule has 1 amide bonds. The second kappa shape index (κ2) is 8.49. The normalized spacial score (nSPS) is 10.7. The maximum Gasteiger partial charge on any atom is 0.261 e. The number of para-hydroxylation sites is 1. The Morgan fingerprint density at radius 3 is 2.27 bits per heavy atom. The number of hydrogen-bond acceptors (Lipinski definition) is 2. The van der Waals surface area contributed by atoms with Crippen LogP contribution in [0.25, 0.3) is 0 Å². The van der Waals surface area contributed by atoms with E-state index >= 15 is 0 Å². The summed E-state index contributed by atoms with van der Waals surface area (Å²) in [4.78, 5) is 25.8. The highest BCUT2D eigenvalue weighted by Gasteiger charge is 2.22. The van der Waals surface area contributed by atoms with Crippen LogP contribution in [0.15, 0.2) is 40.1 Å². The summed E-state index contributed by atoms with van der Waals surface area (Å²) < 4.78 is 2.33. The fraction of sp³-hybridized carbons (Fsp3) is 0.333. The predicted octanol–water partition coefficient (Wildman–Crippen LogP) is 4.79. The fourth-order valence-electron chi connectivity index (χ4n) is 3.19. The maximum absolute atomic E-state index is 13.0. The zero-order valence-electron chi connectivity index (χ0n) is 15.8. The highest BCUT2D eigenvalue weighted by Crippen LogP contribution is 2.24. The molecule has 0 unspecified atom stereocenters. The Balaban J connectivity index is 2.59. The zero-order chi connectivity index (χ0) is 19.4. The van der Waals surface area contributed by atoms with Crippen molar-refractivity contribution >= 4 is 27.5 Å². The van der Waals surface area contributed by atoms with E-state index in [1.807, 2.05) is 29.7 Å². The van der Waals surface area contributed by atoms with Gasteiger partial charge in [0.25, 0.3) is 5.91 Å². The molecule has 0 spiro atoms. The lowest BCUT2D eigenvalue weighted by atomic mass is 10.0. The van der Waals surface area contributed by atoms with Crippen LogP contribution in [0.1, 0.15) is 46.7 Å². The standard InChI is InChI=1S/C21H25BrN2O2/c1-6-12-24-13(4)17(20(25)18(22)14(24)5)21(26)23-19-15(7-2)10-9-11-16(19)8-3/h6,9-11H,1,7-8,12H2,2-5H3,(H,23,26). The molecule has 0 saturated heterocycles. The smallest absolute Gasteiger partial charge is 0.261 e. The number of nitrogens with one attached hydrogen (secondary N) is 1. The molecule has 4 nitrogen and oxygen atoms in total. The van der Waals surface area contributed by atoms with E-state index < -0.39 is 0 Å². The third-order valence-electron chi connectivity index (χ3n) is 4.69. The van der Waals surface area contributed by atoms with Crippen LogP contribution in [-0.4, -0.2) is 10.5 Å². The predicted molar refractivity (Wildman–Crippen MR) is 111 cm³/mol. The minimum atomic E-state index is -0.374. The van der Waals surface area contributed by atoms with Crippen molar-refractivity contribution in [2.75, 3.05) is 5.32 Å². The molecule has 26 heavy (non-hydrogen) atoms. The van der Waals surface area contributed by atoms with E-state index in [4.69, 9.17) is 0 Å². The Kier molecular flexibility index (Phi) is 6.59. The van der Waals surface area contributed by atoms with Gasteiger partial charge in [-0.25, -0.2) is 0 Å². The van der Waals surface area contributed by atoms with E-state index in [2.05, 4.69) is 41.7 Å². The maximum atomic E-state index is 13.0. The SMILES string of the molecule is C=CCn1c(C)c(Br)c(=O)c(C(=O)Nc2c(CC)cccc2CC)c1C. The van der Waals surface area contributed by atoms with Crippen molar-refractivity contribution in [1.29, 1.82) is 0 Å². The number of carbonyl (C=O) groups excluding carboxylic acids is 1. The van der Waals surface area contributed by atoms with Gasteiger partial charge in [0.05, 0.1) is 4.47 Å². The summed E-state index contributed by atoms with van der Waals surface area (Å²) in [5, 5.41) is 3.00. The first-order valence-corrected chi connectivity index (χ1v) is 9.59. The monoisotopic (exact) mass is 416 g/mol. The zero-order valence-corrected chi connectivity index (χ0v) is 17.4. The molecule has 0 radical (unpaired) electrons. The summed E-state index contributed by atoms with van der Waals surface area (Å²) in [7, 11) is 0. The molecule has 0 bridgehead atoms. The molecule has 2 aromatic rings. The molecule has 0 saturated carbocycles. The van der Waals surface area contributed by atoms with Gasteiger partial charge < -0.3 is 9.88 Å². The molecule has 2 rings (SSSR count). The van der Waals surface area contributed by atoms with Crippen LogP contribution in [0.5, 0.6) is 0 Å². The Labute approximate surface area is 163 Å². The van der Waals surface area contributed by atoms with Crippen LogP contribution in [-0.2, 0) is 19.4 Å². The summed E-state index contributed by atoms with van der Waals surface area (Å²) >= 11 is 3.35. The second-order valence-electron chi connectivity index (χ2n) is 6.20. The molecule has 1 aromatic heterocycles. The lowest BCUT2D eigenvalue weighted by molar-refractivity contribution is 0.102. The third kappa shape index (κ3) is 3.68. The molecule has 0 atom stereocenters. The average molecular weight is 417 g/mol. The largest absolute Gasteiger partial charge is 0.343 e. The van der Waals surface area contributed by atoms with Gasteiger partial charge in [-0.1, -0.05) is 38.1 Å². The first-order chi connectivity index (χ1) is 12.4. The number of amides is 1. The van der Waals surface area contributed by atoms with Gasteiger partial charge in [-0.05, 0) is 53.7 Å². The Morgan fingerprint density at radius 2 is 1.77 bits per heavy atom. The van der Waals surface area contributed by atoms with Crippen LogP contribution >= 0.6 is 15.9 Å². The van der Waals surface area contributed by atoms with Crippen molar-refractivity contribution in [2.45, 2.75) is 47.1 Å². The van der Waals surface area contributed by atoms with E-state index in [-0.39, 0.29) is 16.9 Å². The van der Waals surface area contributed by atoms with Gasteiger partial charge in [-0.15, -0.1) is 6.58 Å². The number of nitrogens with zero attached hydrogens (tertiary/aromatic N) is 1. The van der Waals surface area contributed by atoms with Crippen molar-refractivity contribution in [1.82, 2.24) is 4.57 Å². The average Bonchev–Trinajstić information content (AvgIpc) is 2.63. The Bertz CT molecular complexity index is 891. The van der Waals surface area contributed by atoms with E-state index in [0.29, 0.717) is 16.7 Å². The minimum absolute atomic E-state index is 0.164. The number of rotatable bonds is 6. The number of benzene rings is 1. The van der Waals surface area contributed by atoms with Crippen LogP contribution in [0, 0.1) is 13.8 Å². The van der Waals surface area contributed by atoms with Crippen molar-refractivity contribution in [3.05, 3.63) is 73.6 Å². The number of halogens is 1. The van der Waals surface area contributed by atoms with Gasteiger partial charge in [0.2, 0.25) is 5.43 Å². The molecular formula is C21H25BrN2O2. The number of hydrogen-bond donors (Lipinski definition) is 1. The van der Waals surface area contributed by atoms with Crippen molar-refractivity contribution in [3.63, 3.8) is 0 Å². The minimum Gasteiger partial charge on any atom is -0.343 e. The molecule has 1 aromatic carbocycles. The van der Waals surface area contributed by atoms with Crippen LogP contribution < -0.4 is 10.7 Å². The van der Waals surface area contributed by atoms with Gasteiger partial charge in [-0.2, -0.15) is 0 Å². The number of anilines is 1. The molecule has 0 aliphatic rings. The number of aromatic nitrogens is 1. The Hall–Kier alpha value is -2.14. The first kappa shape index (κ1) is 20.2. The van der Waals surface area contributed by atoms with E-state index in [1.165, 1.54) is 0 Å². The highest BCUT2D eigenvalue weighted by atomic mass is 79.9. The molecule has 1 heterocycles. The molecule has 5 heteroatoms. The molecule has 0 aliphatic carbocycles. The quantitative estimate of drug-likeness (QED) is 0.687. The number of carbonyl (C=O) groups is 1. The van der Waals surface area contributed by atoms with Gasteiger partial charge in [0.15, 0.2) is 0 Å². The van der Waals surface area contributed by atoms with E-state index in [9.17, 15) is 9.59 Å². The van der Waals surface area contributed by atoms with Gasteiger partial charge >= 0.3 is 0 Å². The van der Waals surface area contributed by atoms with Gasteiger partial charge in [0, 0.05) is 23.6 Å². The highest BCUT2D eigenvalue weighted by molar-refractivity contribution is 9.10. The van der Waals surface area contributed by atoms with Crippen LogP contribution in [0.3, 0.4) is 0 Å². The van der Waals surface area contributed by atoms with Gasteiger partial charge in [0.1, 0.15) is 5.56 Å². The summed E-state index contributed by atoms with van der Waals surface area (Å²) in [5.74, 6) is -0.374.